The summed E-state index contributed by atoms with van der Waals surface area (Å²) in [6.45, 7) is 2.23. The molecule has 0 heterocycles. The van der Waals surface area contributed by atoms with Crippen molar-refractivity contribution in [2.45, 2.75) is 19.8 Å². The van der Waals surface area contributed by atoms with Crippen LogP contribution in [-0.4, -0.2) is 37.9 Å². The molecule has 6 heteroatoms. The smallest absolute Gasteiger partial charge is 0.250 e. The Morgan fingerprint density at radius 2 is 2.10 bits per heavy atom. The Balaban J connectivity index is 2.90. The number of methoxy groups -OCH3 is 1. The van der Waals surface area contributed by atoms with E-state index in [2.05, 4.69) is 5.32 Å². The van der Waals surface area contributed by atoms with Crippen LogP contribution in [0.3, 0.4) is 0 Å². The van der Waals surface area contributed by atoms with Gasteiger partial charge in [-0.1, -0.05) is 0 Å². The number of anilines is 1. The first-order valence-corrected chi connectivity index (χ1v) is 7.30. The van der Waals surface area contributed by atoms with Crippen molar-refractivity contribution in [1.29, 1.82) is 0 Å². The molecule has 1 amide bonds. The van der Waals surface area contributed by atoms with Gasteiger partial charge in [-0.2, -0.15) is 0 Å². The second kappa shape index (κ2) is 9.37. The zero-order valence-corrected chi connectivity index (χ0v) is 13.0. The SMILES string of the molecule is CCOc1cc(C(=O)CCCCl)ccc1NC(=O)COC. The van der Waals surface area contributed by atoms with Crippen molar-refractivity contribution >= 4 is 29.0 Å². The van der Waals surface area contributed by atoms with Crippen molar-refractivity contribution in [3.8, 4) is 5.75 Å². The molecule has 0 bridgehead atoms. The lowest BCUT2D eigenvalue weighted by molar-refractivity contribution is -0.119. The van der Waals surface area contributed by atoms with E-state index in [-0.39, 0.29) is 18.3 Å². The van der Waals surface area contributed by atoms with Crippen LogP contribution in [0.1, 0.15) is 30.1 Å². The Bertz CT molecular complexity index is 491. The molecule has 0 saturated heterocycles. The van der Waals surface area contributed by atoms with Crippen molar-refractivity contribution in [3.05, 3.63) is 23.8 Å². The van der Waals surface area contributed by atoms with Crippen LogP contribution in [0.2, 0.25) is 0 Å². The quantitative estimate of drug-likeness (QED) is 0.562. The first-order valence-electron chi connectivity index (χ1n) is 6.77. The number of Topliss-reactive ketones (excluding diaryl/α,β-unsaturated/α-hetero) is 1. The lowest BCUT2D eigenvalue weighted by Crippen LogP contribution is -2.18. The average Bonchev–Trinajstić information content (AvgIpc) is 2.47. The van der Waals surface area contributed by atoms with Gasteiger partial charge in [0.2, 0.25) is 5.91 Å². The third kappa shape index (κ3) is 5.73. The van der Waals surface area contributed by atoms with E-state index in [0.29, 0.717) is 42.3 Å². The van der Waals surface area contributed by atoms with Gasteiger partial charge in [-0.05, 0) is 31.5 Å². The first kappa shape index (κ1) is 17.5. The van der Waals surface area contributed by atoms with Crippen LogP contribution in [0.4, 0.5) is 5.69 Å². The van der Waals surface area contributed by atoms with Gasteiger partial charge < -0.3 is 14.8 Å². The summed E-state index contributed by atoms with van der Waals surface area (Å²) in [4.78, 5) is 23.5. The number of alkyl halides is 1. The zero-order valence-electron chi connectivity index (χ0n) is 12.3. The Kier molecular flexibility index (Phi) is 7.79. The molecule has 0 aromatic heterocycles. The maximum Gasteiger partial charge on any atom is 0.250 e. The number of ether oxygens (including phenoxy) is 2. The van der Waals surface area contributed by atoms with Gasteiger partial charge in [-0.15, -0.1) is 11.6 Å². The third-order valence-electron chi connectivity index (χ3n) is 2.69. The molecule has 0 saturated carbocycles. The Morgan fingerprint density at radius 1 is 1.33 bits per heavy atom. The monoisotopic (exact) mass is 313 g/mol. The minimum absolute atomic E-state index is 0.00590. The second-order valence-electron chi connectivity index (χ2n) is 4.34. The molecular weight excluding hydrogens is 294 g/mol. The summed E-state index contributed by atoms with van der Waals surface area (Å²) in [6.07, 6.45) is 1.03. The van der Waals surface area contributed by atoms with E-state index in [1.54, 1.807) is 18.2 Å². The number of hydrogen-bond donors (Lipinski definition) is 1. The van der Waals surface area contributed by atoms with Gasteiger partial charge in [-0.3, -0.25) is 9.59 Å². The van der Waals surface area contributed by atoms with E-state index in [0.717, 1.165) is 0 Å². The molecule has 1 aromatic rings. The van der Waals surface area contributed by atoms with Gasteiger partial charge in [0.25, 0.3) is 0 Å². The van der Waals surface area contributed by atoms with Gasteiger partial charge in [0.1, 0.15) is 12.4 Å². The molecule has 0 unspecified atom stereocenters. The van der Waals surface area contributed by atoms with Crippen LogP contribution in [0.25, 0.3) is 0 Å². The second-order valence-corrected chi connectivity index (χ2v) is 4.72. The number of hydrogen-bond acceptors (Lipinski definition) is 4. The van der Waals surface area contributed by atoms with E-state index >= 15 is 0 Å². The predicted molar refractivity (Wildman–Crippen MR) is 82.4 cm³/mol. The summed E-state index contributed by atoms with van der Waals surface area (Å²) in [6, 6.07) is 4.97. The van der Waals surface area contributed by atoms with E-state index < -0.39 is 0 Å². The number of halogens is 1. The highest BCUT2D eigenvalue weighted by Crippen LogP contribution is 2.26. The number of carbonyl (C=O) groups is 2. The molecular formula is C15H20ClNO4. The lowest BCUT2D eigenvalue weighted by atomic mass is 10.1. The van der Waals surface area contributed by atoms with Gasteiger partial charge in [0.15, 0.2) is 5.78 Å². The van der Waals surface area contributed by atoms with Crippen molar-refractivity contribution in [3.63, 3.8) is 0 Å². The molecule has 0 aliphatic rings. The van der Waals surface area contributed by atoms with Crippen molar-refractivity contribution in [2.24, 2.45) is 0 Å². The fourth-order valence-corrected chi connectivity index (χ4v) is 1.90. The summed E-state index contributed by atoms with van der Waals surface area (Å²) < 4.78 is 10.2. The molecule has 1 N–H and O–H groups in total. The largest absolute Gasteiger partial charge is 0.492 e. The number of benzene rings is 1. The van der Waals surface area contributed by atoms with E-state index in [9.17, 15) is 9.59 Å². The summed E-state index contributed by atoms with van der Waals surface area (Å²) in [5.41, 5.74) is 1.07. The molecule has 116 valence electrons. The van der Waals surface area contributed by atoms with Crippen LogP contribution in [-0.2, 0) is 9.53 Å². The van der Waals surface area contributed by atoms with Gasteiger partial charge >= 0.3 is 0 Å². The van der Waals surface area contributed by atoms with Crippen LogP contribution in [0, 0.1) is 0 Å². The standard InChI is InChI=1S/C15H20ClNO4/c1-3-21-14-9-11(13(18)5-4-8-16)6-7-12(14)17-15(19)10-20-2/h6-7,9H,3-5,8,10H2,1-2H3,(H,17,19). The Hall–Kier alpha value is -1.59. The summed E-state index contributed by atoms with van der Waals surface area (Å²) in [5.74, 6) is 0.652. The normalized spacial score (nSPS) is 10.2. The van der Waals surface area contributed by atoms with Crippen LogP contribution >= 0.6 is 11.6 Å². The van der Waals surface area contributed by atoms with Crippen LogP contribution in [0.15, 0.2) is 18.2 Å². The maximum atomic E-state index is 12.0. The highest BCUT2D eigenvalue weighted by molar-refractivity contribution is 6.18. The molecule has 0 atom stereocenters. The zero-order chi connectivity index (χ0) is 15.7. The van der Waals surface area contributed by atoms with E-state index in [4.69, 9.17) is 21.1 Å². The number of carbonyl (C=O) groups excluding carboxylic acids is 2. The highest BCUT2D eigenvalue weighted by atomic mass is 35.5. The highest BCUT2D eigenvalue weighted by Gasteiger charge is 2.12. The van der Waals surface area contributed by atoms with Crippen molar-refractivity contribution in [2.75, 3.05) is 31.5 Å². The maximum absolute atomic E-state index is 12.0. The minimum atomic E-state index is -0.278. The minimum Gasteiger partial charge on any atom is -0.492 e. The molecule has 0 aliphatic carbocycles. The van der Waals surface area contributed by atoms with Crippen LogP contribution in [0.5, 0.6) is 5.75 Å². The molecule has 5 nitrogen and oxygen atoms in total. The van der Waals surface area contributed by atoms with Gasteiger partial charge in [0.05, 0.1) is 12.3 Å². The predicted octanol–water partition coefficient (Wildman–Crippen LogP) is 2.87. The molecule has 21 heavy (non-hydrogen) atoms. The fraction of sp³-hybridized carbons (Fsp3) is 0.467. The summed E-state index contributed by atoms with van der Waals surface area (Å²) in [5, 5.41) is 2.68. The summed E-state index contributed by atoms with van der Waals surface area (Å²) in [7, 11) is 1.45. The Morgan fingerprint density at radius 3 is 2.71 bits per heavy atom. The van der Waals surface area contributed by atoms with Crippen LogP contribution < -0.4 is 10.1 Å². The first-order chi connectivity index (χ1) is 10.1. The van der Waals surface area contributed by atoms with Gasteiger partial charge in [-0.25, -0.2) is 0 Å². The molecule has 0 spiro atoms. The van der Waals surface area contributed by atoms with Crippen molar-refractivity contribution < 1.29 is 19.1 Å². The lowest BCUT2D eigenvalue weighted by Gasteiger charge is -2.12. The molecule has 0 fully saturated rings. The van der Waals surface area contributed by atoms with Gasteiger partial charge in [0, 0.05) is 25.0 Å². The third-order valence-corrected chi connectivity index (χ3v) is 2.96. The topological polar surface area (TPSA) is 64.6 Å². The molecule has 1 aromatic carbocycles. The molecule has 1 rings (SSSR count). The van der Waals surface area contributed by atoms with E-state index in [1.165, 1.54) is 7.11 Å². The van der Waals surface area contributed by atoms with Crippen molar-refractivity contribution in [1.82, 2.24) is 0 Å². The Labute approximate surface area is 129 Å². The fourth-order valence-electron chi connectivity index (χ4n) is 1.76. The van der Waals surface area contributed by atoms with E-state index in [1.807, 2.05) is 6.92 Å². The summed E-state index contributed by atoms with van der Waals surface area (Å²) >= 11 is 5.59. The average molecular weight is 314 g/mol. The number of amides is 1. The molecule has 0 radical (unpaired) electrons. The number of ketones is 1. The molecule has 0 aliphatic heterocycles. The number of nitrogens with one attached hydrogen (secondary N) is 1. The number of rotatable bonds is 9.